The van der Waals surface area contributed by atoms with E-state index in [-0.39, 0.29) is 43.0 Å². The third-order valence-corrected chi connectivity index (χ3v) is 14.1. The molecule has 1 amide bonds. The van der Waals surface area contributed by atoms with Crippen LogP contribution in [0, 0.1) is 22.0 Å². The summed E-state index contributed by atoms with van der Waals surface area (Å²) in [7, 11) is 0. The van der Waals surface area contributed by atoms with Crippen molar-refractivity contribution in [3.05, 3.63) is 87.9 Å². The van der Waals surface area contributed by atoms with Crippen LogP contribution in [0.5, 0.6) is 0 Å². The predicted molar refractivity (Wildman–Crippen MR) is 261 cm³/mol. The number of aliphatic hydroxyl groups is 5. The van der Waals surface area contributed by atoms with Gasteiger partial charge in [0.15, 0.2) is 24.8 Å². The second-order valence-electron chi connectivity index (χ2n) is 19.6. The molecule has 1 aliphatic carbocycles. The molecule has 23 nitrogen and oxygen atoms in total. The number of carbonyl (C=O) groups excluding carboxylic acids is 2. The van der Waals surface area contributed by atoms with Gasteiger partial charge in [0.1, 0.15) is 36.6 Å². The Kier molecular flexibility index (Phi) is 20.0. The van der Waals surface area contributed by atoms with Crippen molar-refractivity contribution in [1.82, 2.24) is 25.3 Å². The molecule has 0 radical (unpaired) electrons. The number of aromatic nitrogens is 4. The zero-order valence-electron chi connectivity index (χ0n) is 41.8. The zero-order valence-corrected chi connectivity index (χ0v) is 41.8. The van der Waals surface area contributed by atoms with Crippen molar-refractivity contribution >= 4 is 34.4 Å². The lowest BCUT2D eigenvalue weighted by molar-refractivity contribution is -0.384. The summed E-state index contributed by atoms with van der Waals surface area (Å²) in [5.74, 6) is -3.74. The number of fused-ring (bicyclic) bond motifs is 1. The molecule has 15 atom stereocenters. The van der Waals surface area contributed by atoms with Gasteiger partial charge in [-0.1, -0.05) is 62.9 Å². The molecule has 4 aromatic rings. The van der Waals surface area contributed by atoms with Crippen LogP contribution in [0.25, 0.3) is 10.9 Å². The average molecular weight is 1040 g/mol. The molecule has 2 aliphatic heterocycles. The second kappa shape index (κ2) is 26.3. The van der Waals surface area contributed by atoms with Crippen LogP contribution < -0.4 is 5.32 Å². The van der Waals surface area contributed by atoms with Gasteiger partial charge in [-0.15, -0.1) is 5.10 Å². The maximum absolute atomic E-state index is 14.0. The summed E-state index contributed by atoms with van der Waals surface area (Å²) >= 11 is 0. The predicted octanol–water partition coefficient (Wildman–Crippen LogP) is 3.11. The molecule has 8 N–H and O–H groups in total. The highest BCUT2D eigenvalue weighted by molar-refractivity contribution is 5.89. The topological polar surface area (TPSA) is 330 Å². The summed E-state index contributed by atoms with van der Waals surface area (Å²) < 4.78 is 38.9. The number of hydrogen-bond acceptors (Lipinski definition) is 18. The number of hydrogen-bond donors (Lipinski definition) is 8. The Hall–Kier alpha value is -5.47. The number of unbranched alkanes of at least 4 members (excludes halogenated alkanes) is 3. The van der Waals surface area contributed by atoms with Crippen molar-refractivity contribution in [1.29, 1.82) is 0 Å². The van der Waals surface area contributed by atoms with Crippen LogP contribution in [-0.2, 0) is 57.4 Å². The molecular weight excluding hydrogens is 969 g/mol. The molecule has 3 aliphatic rings. The number of aryl methyl sites for hydroxylation is 3. The van der Waals surface area contributed by atoms with E-state index in [1.165, 1.54) is 25.1 Å². The molecule has 7 rings (SSSR count). The van der Waals surface area contributed by atoms with Crippen molar-refractivity contribution in [2.45, 2.75) is 178 Å². The van der Waals surface area contributed by atoms with Crippen LogP contribution in [0.1, 0.15) is 100 Å². The van der Waals surface area contributed by atoms with Gasteiger partial charge in [-0.3, -0.25) is 19.6 Å². The van der Waals surface area contributed by atoms with E-state index in [2.05, 4.69) is 20.6 Å². The number of nitro benzene ring substituents is 1. The number of carboxylic acid groups (broad SMARTS) is 1. The highest BCUT2D eigenvalue weighted by Crippen LogP contribution is 2.39. The monoisotopic (exact) mass is 1040 g/mol. The van der Waals surface area contributed by atoms with Crippen LogP contribution >= 0.6 is 0 Å². The number of nitrogens with zero attached hydrogens (tertiary/aromatic N) is 4. The molecule has 1 saturated carbocycles. The van der Waals surface area contributed by atoms with Crippen molar-refractivity contribution in [3.63, 3.8) is 0 Å². The molecule has 74 heavy (non-hydrogen) atoms. The lowest BCUT2D eigenvalue weighted by Crippen LogP contribution is -2.64. The van der Waals surface area contributed by atoms with Crippen LogP contribution in [0.4, 0.5) is 5.69 Å². The number of nitrogens with one attached hydrogen (secondary N) is 2. The first-order valence-electron chi connectivity index (χ1n) is 25.6. The highest BCUT2D eigenvalue weighted by Gasteiger charge is 2.53. The second-order valence-corrected chi connectivity index (χ2v) is 19.6. The Balaban J connectivity index is 1.05. The maximum atomic E-state index is 14.0. The van der Waals surface area contributed by atoms with Gasteiger partial charge in [-0.05, 0) is 81.5 Å². The number of esters is 1. The van der Waals surface area contributed by atoms with Crippen LogP contribution in [0.3, 0.4) is 0 Å². The van der Waals surface area contributed by atoms with Crippen LogP contribution in [0.2, 0.25) is 0 Å². The maximum Gasteiger partial charge on any atom is 0.338 e. The standard InChI is InChI=1S/C51H70N6O17/c1-4-5-6-10-17-37(48(64)65)70-45-41(60)39(27-58)72-51(46(45)73-49(66)30-13-8-7-9-14-30)71-38-23-32(22-28(2)44(38)74-50-43(62)42(61)40(59)29(3)69-50)47(63)52-20-11-16-33-26-56(55-54-33)21-12-15-31-25-53-36-19-18-34(57(67)68)24-35(31)36/h7-9,13-14,18-19,24-26,28-29,32,37-46,50-51,53,58-62H,4-6,10-12,15-17,20-23,27H2,1-3H3,(H,52,63)(H,64,65)/t28?,29?,32?,37-,38+,39?,40+,41-,42?,43?,44?,45?,46?,50-,51+/m0/s1. The number of carboxylic acids is 1. The molecule has 0 bridgehead atoms. The normalized spacial score (nSPS) is 29.7. The number of benzene rings is 2. The summed E-state index contributed by atoms with van der Waals surface area (Å²) in [4.78, 5) is 54.5. The SMILES string of the molecule is CCCCCC[C@H](OC1C(OC(=O)c2ccccc2)[C@H](O[C@@H]2CC(C(=O)NCCCc3cn(CCCc4c[nH]c5ccc([N+](=O)[O-])cc45)nn3)CC(C)C2O[C@@H]2OC(C)[C@@H](O)C(O)C2O)OC(CO)[C@@H]1O)C(=O)O. The van der Waals surface area contributed by atoms with E-state index in [9.17, 15) is 55.1 Å². The van der Waals surface area contributed by atoms with Crippen molar-refractivity contribution in [2.75, 3.05) is 13.2 Å². The number of rotatable bonds is 25. The van der Waals surface area contributed by atoms with E-state index in [0.717, 1.165) is 41.4 Å². The fourth-order valence-electron chi connectivity index (χ4n) is 9.98. The minimum absolute atomic E-state index is 0.0257. The van der Waals surface area contributed by atoms with Gasteiger partial charge in [0.2, 0.25) is 5.91 Å². The van der Waals surface area contributed by atoms with E-state index in [0.29, 0.717) is 38.6 Å². The molecule has 23 heteroatoms. The first-order chi connectivity index (χ1) is 35.6. The van der Waals surface area contributed by atoms with Crippen molar-refractivity contribution < 1.29 is 78.4 Å². The summed E-state index contributed by atoms with van der Waals surface area (Å²) in [6, 6.07) is 12.6. The number of aliphatic carboxylic acids is 1. The third kappa shape index (κ3) is 14.1. The Morgan fingerprint density at radius 2 is 1.69 bits per heavy atom. The van der Waals surface area contributed by atoms with Gasteiger partial charge in [0, 0.05) is 54.4 Å². The summed E-state index contributed by atoms with van der Waals surface area (Å²) in [6.07, 6.45) is -9.54. The Morgan fingerprint density at radius 1 is 0.905 bits per heavy atom. The lowest BCUT2D eigenvalue weighted by atomic mass is 9.77. The molecule has 2 aromatic heterocycles. The smallest absolute Gasteiger partial charge is 0.338 e. The van der Waals surface area contributed by atoms with E-state index in [1.807, 2.05) is 19.3 Å². The quantitative estimate of drug-likeness (QED) is 0.0205. The van der Waals surface area contributed by atoms with Crippen LogP contribution in [-0.4, -0.2) is 166 Å². The van der Waals surface area contributed by atoms with Crippen molar-refractivity contribution in [3.8, 4) is 0 Å². The minimum Gasteiger partial charge on any atom is -0.479 e. The zero-order chi connectivity index (χ0) is 53.1. The number of carbonyl (C=O) groups is 3. The molecule has 4 heterocycles. The largest absolute Gasteiger partial charge is 0.479 e. The minimum atomic E-state index is -1.71. The number of aliphatic hydroxyl groups excluding tert-OH is 5. The molecule has 9 unspecified atom stereocenters. The number of aromatic amines is 1. The van der Waals surface area contributed by atoms with Gasteiger partial charge in [-0.25, -0.2) is 9.59 Å². The third-order valence-electron chi connectivity index (χ3n) is 14.1. The molecule has 2 saturated heterocycles. The van der Waals surface area contributed by atoms with E-state index in [4.69, 9.17) is 28.4 Å². The number of ether oxygens (including phenoxy) is 6. The van der Waals surface area contributed by atoms with Gasteiger partial charge in [-0.2, -0.15) is 0 Å². The van der Waals surface area contributed by atoms with Gasteiger partial charge < -0.3 is 69.4 Å². The molecule has 406 valence electrons. The van der Waals surface area contributed by atoms with E-state index in [1.54, 1.807) is 41.9 Å². The first-order valence-corrected chi connectivity index (χ1v) is 25.6. The lowest BCUT2D eigenvalue weighted by Gasteiger charge is -2.48. The van der Waals surface area contributed by atoms with Gasteiger partial charge >= 0.3 is 11.9 Å². The molecule has 0 spiro atoms. The Morgan fingerprint density at radius 3 is 2.42 bits per heavy atom. The summed E-state index contributed by atoms with van der Waals surface area (Å²) in [6.45, 7) is 5.36. The molecule has 2 aromatic carbocycles. The Labute approximate surface area is 427 Å². The molecular formula is C51H70N6O17. The number of H-pyrrole nitrogens is 1. The van der Waals surface area contributed by atoms with Crippen molar-refractivity contribution in [2.24, 2.45) is 11.8 Å². The van der Waals surface area contributed by atoms with E-state index >= 15 is 0 Å². The van der Waals surface area contributed by atoms with E-state index < -0.39 is 115 Å². The average Bonchev–Trinajstić information content (AvgIpc) is 4.03. The fraction of sp³-hybridized carbons (Fsp3) is 0.627. The van der Waals surface area contributed by atoms with Gasteiger partial charge in [0.25, 0.3) is 5.69 Å². The fourth-order valence-corrected chi connectivity index (χ4v) is 9.98. The van der Waals surface area contributed by atoms with Crippen LogP contribution in [0.15, 0.2) is 60.9 Å². The Bertz CT molecular complexity index is 2460. The van der Waals surface area contributed by atoms with Gasteiger partial charge in [0.05, 0.1) is 41.1 Å². The number of non-ortho nitro benzene ring substituents is 1. The summed E-state index contributed by atoms with van der Waals surface area (Å²) in [5, 5.41) is 88.2. The first kappa shape index (κ1) is 56.3. The number of amides is 1. The number of nitro groups is 1. The summed E-state index contributed by atoms with van der Waals surface area (Å²) in [5.41, 5.74) is 2.64. The molecule has 3 fully saturated rings. The highest BCUT2D eigenvalue weighted by atomic mass is 16.7.